The number of nitro benzene ring substituents is 1. The maximum atomic E-state index is 11.6. The van der Waals surface area contributed by atoms with Crippen LogP contribution >= 0.6 is 0 Å². The van der Waals surface area contributed by atoms with E-state index in [2.05, 4.69) is 5.32 Å². The lowest BCUT2D eigenvalue weighted by atomic mass is 10.1. The Morgan fingerprint density at radius 2 is 1.95 bits per heavy atom. The zero-order valence-corrected chi connectivity index (χ0v) is 11.5. The van der Waals surface area contributed by atoms with Crippen LogP contribution in [0.5, 0.6) is 0 Å². The number of ketones is 1. The van der Waals surface area contributed by atoms with E-state index in [0.717, 1.165) is 6.08 Å². The van der Waals surface area contributed by atoms with Gasteiger partial charge < -0.3 is 5.32 Å². The molecule has 0 atom stereocenters. The molecule has 0 bridgehead atoms. The second-order valence-corrected chi connectivity index (χ2v) is 5.25. The average molecular weight is 276 g/mol. The van der Waals surface area contributed by atoms with Gasteiger partial charge in [-0.05, 0) is 32.4 Å². The van der Waals surface area contributed by atoms with E-state index in [-0.39, 0.29) is 5.69 Å². The smallest absolute Gasteiger partial charge is 0.292 e. The van der Waals surface area contributed by atoms with Crippen LogP contribution < -0.4 is 5.32 Å². The first-order valence-corrected chi connectivity index (χ1v) is 5.98. The van der Waals surface area contributed by atoms with Crippen LogP contribution in [0, 0.1) is 10.1 Å². The van der Waals surface area contributed by atoms with E-state index < -0.39 is 22.2 Å². The first-order chi connectivity index (χ1) is 9.19. The molecule has 0 aliphatic rings. The van der Waals surface area contributed by atoms with Gasteiger partial charge in [0.25, 0.3) is 11.6 Å². The van der Waals surface area contributed by atoms with E-state index in [0.29, 0.717) is 5.56 Å². The van der Waals surface area contributed by atoms with Crippen molar-refractivity contribution in [2.24, 2.45) is 0 Å². The normalized spacial score (nSPS) is 11.3. The quantitative estimate of drug-likeness (QED) is 0.394. The summed E-state index contributed by atoms with van der Waals surface area (Å²) >= 11 is 0. The summed E-state index contributed by atoms with van der Waals surface area (Å²) in [6.45, 7) is 5.30. The second kappa shape index (κ2) is 6.10. The van der Waals surface area contributed by atoms with Gasteiger partial charge in [-0.2, -0.15) is 0 Å². The van der Waals surface area contributed by atoms with Crippen molar-refractivity contribution >= 4 is 23.5 Å². The van der Waals surface area contributed by atoms with Gasteiger partial charge in [0.05, 0.1) is 4.92 Å². The zero-order valence-electron chi connectivity index (χ0n) is 11.5. The molecule has 0 heterocycles. The van der Waals surface area contributed by atoms with Gasteiger partial charge in [-0.15, -0.1) is 0 Å². The van der Waals surface area contributed by atoms with Crippen molar-refractivity contribution in [3.63, 3.8) is 0 Å². The van der Waals surface area contributed by atoms with E-state index in [9.17, 15) is 19.7 Å². The summed E-state index contributed by atoms with van der Waals surface area (Å²) in [4.78, 5) is 33.2. The van der Waals surface area contributed by atoms with E-state index in [1.165, 1.54) is 24.3 Å². The van der Waals surface area contributed by atoms with Crippen molar-refractivity contribution in [1.82, 2.24) is 5.32 Å². The van der Waals surface area contributed by atoms with Gasteiger partial charge in [0, 0.05) is 17.7 Å². The van der Waals surface area contributed by atoms with Gasteiger partial charge in [-0.1, -0.05) is 18.2 Å². The van der Waals surface area contributed by atoms with Crippen molar-refractivity contribution in [2.75, 3.05) is 0 Å². The monoisotopic (exact) mass is 276 g/mol. The van der Waals surface area contributed by atoms with Crippen LogP contribution in [-0.4, -0.2) is 22.2 Å². The van der Waals surface area contributed by atoms with Crippen LogP contribution in [0.2, 0.25) is 0 Å². The highest BCUT2D eigenvalue weighted by Gasteiger charge is 2.18. The van der Waals surface area contributed by atoms with Gasteiger partial charge in [0.1, 0.15) is 0 Å². The lowest BCUT2D eigenvalue weighted by Gasteiger charge is -2.19. The summed E-state index contributed by atoms with van der Waals surface area (Å²) in [5, 5.41) is 13.1. The highest BCUT2D eigenvalue weighted by atomic mass is 16.6. The van der Waals surface area contributed by atoms with E-state index in [4.69, 9.17) is 0 Å². The Kier molecular flexibility index (Phi) is 4.74. The number of nitrogens with zero attached hydrogens (tertiary/aromatic N) is 1. The molecular weight excluding hydrogens is 260 g/mol. The van der Waals surface area contributed by atoms with Crippen molar-refractivity contribution in [1.29, 1.82) is 0 Å². The fraction of sp³-hybridized carbons (Fsp3) is 0.286. The van der Waals surface area contributed by atoms with Crippen LogP contribution in [0.4, 0.5) is 5.69 Å². The Labute approximate surface area is 116 Å². The molecule has 1 aromatic rings. The van der Waals surface area contributed by atoms with Crippen LogP contribution in [0.25, 0.3) is 6.08 Å². The summed E-state index contributed by atoms with van der Waals surface area (Å²) in [6.07, 6.45) is 2.47. The lowest BCUT2D eigenvalue weighted by Crippen LogP contribution is -2.43. The number of hydrogen-bond donors (Lipinski definition) is 1. The molecule has 0 aliphatic heterocycles. The number of nitrogens with one attached hydrogen (secondary N) is 1. The SMILES string of the molecule is CC(C)(C)NC(=O)C(=O)/C=C/c1cccc([N+](=O)[O-])c1. The second-order valence-electron chi connectivity index (χ2n) is 5.25. The third-order valence-electron chi connectivity index (χ3n) is 2.22. The van der Waals surface area contributed by atoms with Crippen molar-refractivity contribution in [3.8, 4) is 0 Å². The number of rotatable bonds is 4. The van der Waals surface area contributed by atoms with Crippen LogP contribution in [0.3, 0.4) is 0 Å². The van der Waals surface area contributed by atoms with Gasteiger partial charge >= 0.3 is 0 Å². The molecular formula is C14H16N2O4. The Morgan fingerprint density at radius 3 is 2.50 bits per heavy atom. The molecule has 0 saturated carbocycles. The number of nitro groups is 1. The summed E-state index contributed by atoms with van der Waals surface area (Å²) in [6, 6.07) is 5.80. The molecule has 0 radical (unpaired) electrons. The molecule has 0 fully saturated rings. The molecule has 0 saturated heterocycles. The Hall–Kier alpha value is -2.50. The highest BCUT2D eigenvalue weighted by molar-refractivity contribution is 6.41. The number of hydrogen-bond acceptors (Lipinski definition) is 4. The van der Waals surface area contributed by atoms with Crippen molar-refractivity contribution in [3.05, 3.63) is 46.0 Å². The molecule has 1 amide bonds. The first-order valence-electron chi connectivity index (χ1n) is 5.98. The number of carbonyl (C=O) groups is 2. The fourth-order valence-electron chi connectivity index (χ4n) is 1.39. The molecule has 1 rings (SSSR count). The predicted molar refractivity (Wildman–Crippen MR) is 75.0 cm³/mol. The summed E-state index contributed by atoms with van der Waals surface area (Å²) < 4.78 is 0. The van der Waals surface area contributed by atoms with Gasteiger partial charge in [-0.3, -0.25) is 19.7 Å². The maximum Gasteiger partial charge on any atom is 0.292 e. The lowest BCUT2D eigenvalue weighted by molar-refractivity contribution is -0.384. The highest BCUT2D eigenvalue weighted by Crippen LogP contribution is 2.14. The van der Waals surface area contributed by atoms with E-state index in [1.54, 1.807) is 26.8 Å². The minimum atomic E-state index is -0.709. The topological polar surface area (TPSA) is 89.3 Å². The number of benzene rings is 1. The minimum absolute atomic E-state index is 0.0706. The predicted octanol–water partition coefficient (Wildman–Crippen LogP) is 2.09. The number of carbonyl (C=O) groups excluding carboxylic acids is 2. The summed E-state index contributed by atoms with van der Waals surface area (Å²) in [5.74, 6) is -1.41. The molecule has 1 N–H and O–H groups in total. The molecule has 0 unspecified atom stereocenters. The molecule has 6 nitrogen and oxygen atoms in total. The molecule has 20 heavy (non-hydrogen) atoms. The maximum absolute atomic E-state index is 11.6. The van der Waals surface area contributed by atoms with Crippen molar-refractivity contribution < 1.29 is 14.5 Å². The largest absolute Gasteiger partial charge is 0.345 e. The third-order valence-corrected chi connectivity index (χ3v) is 2.22. The minimum Gasteiger partial charge on any atom is -0.345 e. The van der Waals surface area contributed by atoms with Crippen LogP contribution in [0.15, 0.2) is 30.3 Å². The molecule has 6 heteroatoms. The number of non-ortho nitro benzene ring substituents is 1. The van der Waals surface area contributed by atoms with Gasteiger partial charge in [0.15, 0.2) is 0 Å². The van der Waals surface area contributed by atoms with E-state index >= 15 is 0 Å². The van der Waals surface area contributed by atoms with Crippen molar-refractivity contribution in [2.45, 2.75) is 26.3 Å². The third kappa shape index (κ3) is 5.01. The molecule has 0 spiro atoms. The Bertz CT molecular complexity index is 571. The van der Waals surface area contributed by atoms with Crippen LogP contribution in [-0.2, 0) is 9.59 Å². The van der Waals surface area contributed by atoms with Crippen LogP contribution in [0.1, 0.15) is 26.3 Å². The molecule has 0 aliphatic carbocycles. The number of amides is 1. The summed E-state index contributed by atoms with van der Waals surface area (Å²) in [7, 11) is 0. The zero-order chi connectivity index (χ0) is 15.3. The Balaban J connectivity index is 2.77. The molecule has 0 aromatic heterocycles. The van der Waals surface area contributed by atoms with Gasteiger partial charge in [0.2, 0.25) is 5.78 Å². The van der Waals surface area contributed by atoms with E-state index in [1.807, 2.05) is 0 Å². The summed E-state index contributed by atoms with van der Waals surface area (Å²) in [5.41, 5.74) is -0.0820. The molecule has 106 valence electrons. The molecule has 1 aromatic carbocycles. The fourth-order valence-corrected chi connectivity index (χ4v) is 1.39. The first kappa shape index (κ1) is 15.6. The van der Waals surface area contributed by atoms with Gasteiger partial charge in [-0.25, -0.2) is 0 Å². The Morgan fingerprint density at radius 1 is 1.30 bits per heavy atom. The standard InChI is InChI=1S/C14H16N2O4/c1-14(2,3)15-13(18)12(17)8-7-10-5-4-6-11(9-10)16(19)20/h4-9H,1-3H3,(H,15,18)/b8-7+. The average Bonchev–Trinajstić information content (AvgIpc) is 2.34.